The molecule has 0 saturated carbocycles. The molecule has 3 aromatic rings. The first-order chi connectivity index (χ1) is 15.7. The molecule has 32 heavy (non-hydrogen) atoms. The summed E-state index contributed by atoms with van der Waals surface area (Å²) < 4.78 is 13.4. The van der Waals surface area contributed by atoms with E-state index in [1.807, 2.05) is 65.8 Å². The van der Waals surface area contributed by atoms with Crippen LogP contribution in [0.15, 0.2) is 59.8 Å². The van der Waals surface area contributed by atoms with Crippen LogP contribution in [0.3, 0.4) is 0 Å². The molecule has 0 saturated heterocycles. The highest BCUT2D eigenvalue weighted by atomic mass is 32.2. The molecule has 0 unspecified atom stereocenters. The highest BCUT2D eigenvalue weighted by Crippen LogP contribution is 2.30. The Bertz CT molecular complexity index is 990. The normalized spacial score (nSPS) is 10.8. The van der Waals surface area contributed by atoms with Gasteiger partial charge in [-0.2, -0.15) is 0 Å². The molecule has 1 aromatic heterocycles. The zero-order valence-electron chi connectivity index (χ0n) is 18.9. The molecular weight excluding hydrogens is 424 g/mol. The van der Waals surface area contributed by atoms with Crippen molar-refractivity contribution < 1.29 is 14.3 Å². The van der Waals surface area contributed by atoms with E-state index < -0.39 is 0 Å². The summed E-state index contributed by atoms with van der Waals surface area (Å²) in [6.07, 6.45) is 0. The Labute approximate surface area is 193 Å². The van der Waals surface area contributed by atoms with Crippen molar-refractivity contribution in [2.75, 3.05) is 32.6 Å². The minimum Gasteiger partial charge on any atom is -0.485 e. The van der Waals surface area contributed by atoms with Crippen molar-refractivity contribution in [3.05, 3.63) is 60.4 Å². The molecule has 8 heteroatoms. The van der Waals surface area contributed by atoms with Crippen LogP contribution in [0.1, 0.15) is 19.7 Å². The fourth-order valence-electron chi connectivity index (χ4n) is 3.32. The molecule has 3 rings (SSSR count). The molecule has 0 aliphatic carbocycles. The van der Waals surface area contributed by atoms with Crippen molar-refractivity contribution in [1.82, 2.24) is 19.7 Å². The van der Waals surface area contributed by atoms with Crippen molar-refractivity contribution in [2.45, 2.75) is 32.2 Å². The lowest BCUT2D eigenvalue weighted by atomic mass is 10.1. The van der Waals surface area contributed by atoms with Gasteiger partial charge in [0.15, 0.2) is 11.0 Å². The van der Waals surface area contributed by atoms with Gasteiger partial charge in [-0.3, -0.25) is 4.79 Å². The quantitative estimate of drug-likeness (QED) is 0.383. The molecule has 1 heterocycles. The zero-order chi connectivity index (χ0) is 22.8. The average molecular weight is 455 g/mol. The maximum absolute atomic E-state index is 12.4. The van der Waals surface area contributed by atoms with E-state index in [1.165, 1.54) is 11.8 Å². The second kappa shape index (κ2) is 12.3. The van der Waals surface area contributed by atoms with Gasteiger partial charge in [-0.1, -0.05) is 60.3 Å². The Morgan fingerprint density at radius 3 is 2.47 bits per heavy atom. The van der Waals surface area contributed by atoms with Crippen molar-refractivity contribution in [2.24, 2.45) is 0 Å². The Morgan fingerprint density at radius 1 is 1.03 bits per heavy atom. The molecule has 2 aromatic carbocycles. The third-order valence-corrected chi connectivity index (χ3v) is 6.03. The van der Waals surface area contributed by atoms with E-state index in [9.17, 15) is 4.79 Å². The van der Waals surface area contributed by atoms with E-state index in [0.29, 0.717) is 43.0 Å². The topological polar surface area (TPSA) is 69.5 Å². The van der Waals surface area contributed by atoms with E-state index in [2.05, 4.69) is 22.3 Å². The van der Waals surface area contributed by atoms with Crippen LogP contribution in [0.4, 0.5) is 0 Å². The molecule has 0 radical (unpaired) electrons. The number of nitrogens with zero attached hydrogens (tertiary/aromatic N) is 4. The Morgan fingerprint density at radius 2 is 1.75 bits per heavy atom. The summed E-state index contributed by atoms with van der Waals surface area (Å²) >= 11 is 1.39. The molecule has 1 amide bonds. The standard InChI is InChI=1S/C24H30N4O3S/c1-4-27(5-2)23(29)18-32-24-26-25-22(28(24)15-16-30-3)17-31-21-14-10-9-13-20(21)19-11-7-6-8-12-19/h6-14H,4-5,15-18H2,1-3H3. The van der Waals surface area contributed by atoms with E-state index in [1.54, 1.807) is 7.11 Å². The summed E-state index contributed by atoms with van der Waals surface area (Å²) in [5.41, 5.74) is 2.12. The summed E-state index contributed by atoms with van der Waals surface area (Å²) in [6.45, 7) is 6.74. The number of methoxy groups -OCH3 is 1. The summed E-state index contributed by atoms with van der Waals surface area (Å²) in [6, 6.07) is 18.1. The fraction of sp³-hybridized carbons (Fsp3) is 0.375. The van der Waals surface area contributed by atoms with Gasteiger partial charge in [-0.15, -0.1) is 10.2 Å². The van der Waals surface area contributed by atoms with E-state index in [0.717, 1.165) is 16.9 Å². The molecular formula is C24H30N4O3S. The van der Waals surface area contributed by atoms with Crippen molar-refractivity contribution >= 4 is 17.7 Å². The molecule has 0 N–H and O–H groups in total. The van der Waals surface area contributed by atoms with Gasteiger partial charge in [0.2, 0.25) is 5.91 Å². The summed E-state index contributed by atoms with van der Waals surface area (Å²) in [7, 11) is 1.66. The highest BCUT2D eigenvalue weighted by molar-refractivity contribution is 7.99. The number of hydrogen-bond acceptors (Lipinski definition) is 6. The lowest BCUT2D eigenvalue weighted by molar-refractivity contribution is -0.127. The van der Waals surface area contributed by atoms with Gasteiger partial charge >= 0.3 is 0 Å². The van der Waals surface area contributed by atoms with Gasteiger partial charge in [-0.05, 0) is 25.5 Å². The number of hydrogen-bond donors (Lipinski definition) is 0. The smallest absolute Gasteiger partial charge is 0.233 e. The van der Waals surface area contributed by atoms with Crippen molar-refractivity contribution in [3.8, 4) is 16.9 Å². The number of amides is 1. The second-order valence-electron chi connectivity index (χ2n) is 7.05. The number of carbonyl (C=O) groups is 1. The third kappa shape index (κ3) is 6.11. The maximum atomic E-state index is 12.4. The maximum Gasteiger partial charge on any atom is 0.233 e. The van der Waals surface area contributed by atoms with Crippen LogP contribution in [0.2, 0.25) is 0 Å². The Kier molecular flexibility index (Phi) is 9.13. The third-order valence-electron chi connectivity index (χ3n) is 5.08. The number of carbonyl (C=O) groups excluding carboxylic acids is 1. The lowest BCUT2D eigenvalue weighted by Crippen LogP contribution is -2.32. The number of para-hydroxylation sites is 1. The summed E-state index contributed by atoms with van der Waals surface area (Å²) in [5, 5.41) is 9.34. The van der Waals surface area contributed by atoms with E-state index in [4.69, 9.17) is 9.47 Å². The summed E-state index contributed by atoms with van der Waals surface area (Å²) in [4.78, 5) is 14.2. The predicted octanol–water partition coefficient (Wildman–Crippen LogP) is 4.13. The van der Waals surface area contributed by atoms with Crippen LogP contribution in [-0.2, 0) is 22.7 Å². The monoisotopic (exact) mass is 454 g/mol. The Hall–Kier alpha value is -2.84. The molecule has 0 atom stereocenters. The average Bonchev–Trinajstić information content (AvgIpc) is 3.23. The van der Waals surface area contributed by atoms with Crippen molar-refractivity contribution in [3.63, 3.8) is 0 Å². The lowest BCUT2D eigenvalue weighted by Gasteiger charge is -2.18. The van der Waals surface area contributed by atoms with Crippen LogP contribution in [0.5, 0.6) is 5.75 Å². The van der Waals surface area contributed by atoms with Crippen LogP contribution in [0.25, 0.3) is 11.1 Å². The molecule has 0 aliphatic rings. The summed E-state index contributed by atoms with van der Waals surface area (Å²) in [5.74, 6) is 1.90. The van der Waals surface area contributed by atoms with Crippen LogP contribution in [0, 0.1) is 0 Å². The fourth-order valence-corrected chi connectivity index (χ4v) is 4.21. The van der Waals surface area contributed by atoms with Crippen LogP contribution < -0.4 is 4.74 Å². The van der Waals surface area contributed by atoms with E-state index in [-0.39, 0.29) is 12.5 Å². The largest absolute Gasteiger partial charge is 0.485 e. The number of aromatic nitrogens is 3. The SMILES string of the molecule is CCN(CC)C(=O)CSc1nnc(COc2ccccc2-c2ccccc2)n1CCOC. The minimum absolute atomic E-state index is 0.0934. The molecule has 0 bridgehead atoms. The number of rotatable bonds is 12. The molecule has 0 aliphatic heterocycles. The zero-order valence-corrected chi connectivity index (χ0v) is 19.7. The molecule has 0 fully saturated rings. The first kappa shape index (κ1) is 23.8. The van der Waals surface area contributed by atoms with Crippen molar-refractivity contribution in [1.29, 1.82) is 0 Å². The van der Waals surface area contributed by atoms with Crippen LogP contribution >= 0.6 is 11.8 Å². The predicted molar refractivity (Wildman–Crippen MR) is 127 cm³/mol. The van der Waals surface area contributed by atoms with Gasteiger partial charge in [0, 0.05) is 32.3 Å². The number of thioether (sulfide) groups is 1. The van der Waals surface area contributed by atoms with Gasteiger partial charge in [0.05, 0.1) is 12.4 Å². The van der Waals surface area contributed by atoms with E-state index >= 15 is 0 Å². The molecule has 170 valence electrons. The molecule has 7 nitrogen and oxygen atoms in total. The number of ether oxygens (including phenoxy) is 2. The first-order valence-electron chi connectivity index (χ1n) is 10.8. The minimum atomic E-state index is 0.0934. The van der Waals surface area contributed by atoms with Gasteiger partial charge in [0.25, 0.3) is 0 Å². The van der Waals surface area contributed by atoms with Crippen LogP contribution in [-0.4, -0.2) is 58.1 Å². The van der Waals surface area contributed by atoms with Gasteiger partial charge in [0.1, 0.15) is 12.4 Å². The number of benzene rings is 2. The van der Waals surface area contributed by atoms with Gasteiger partial charge in [-0.25, -0.2) is 0 Å². The highest BCUT2D eigenvalue weighted by Gasteiger charge is 2.17. The first-order valence-corrected chi connectivity index (χ1v) is 11.7. The second-order valence-corrected chi connectivity index (χ2v) is 7.99. The van der Waals surface area contributed by atoms with Gasteiger partial charge < -0.3 is 18.9 Å². The molecule has 0 spiro atoms. The Balaban J connectivity index is 1.74.